The lowest BCUT2D eigenvalue weighted by Crippen LogP contribution is -2.62. The van der Waals surface area contributed by atoms with Crippen molar-refractivity contribution in [1.29, 1.82) is 0 Å². The van der Waals surface area contributed by atoms with Gasteiger partial charge in [0.1, 0.15) is 12.3 Å². The van der Waals surface area contributed by atoms with Crippen LogP contribution in [0.25, 0.3) is 0 Å². The zero-order valence-corrected chi connectivity index (χ0v) is 19.5. The number of carbonyl (C=O) groups excluding carboxylic acids is 1. The van der Waals surface area contributed by atoms with E-state index in [1.54, 1.807) is 6.07 Å². The maximum atomic E-state index is 13.4. The van der Waals surface area contributed by atoms with E-state index in [0.717, 1.165) is 44.1 Å². The highest BCUT2D eigenvalue weighted by Crippen LogP contribution is 2.37. The Morgan fingerprint density at radius 2 is 1.74 bits per heavy atom. The van der Waals surface area contributed by atoms with E-state index in [1.807, 2.05) is 30.9 Å². The average Bonchev–Trinajstić information content (AvgIpc) is 3.25. The Bertz CT molecular complexity index is 1040. The van der Waals surface area contributed by atoms with E-state index in [9.17, 15) is 23.1 Å². The number of carbonyl (C=O) groups is 1. The van der Waals surface area contributed by atoms with Crippen molar-refractivity contribution in [3.8, 4) is 0 Å². The van der Waals surface area contributed by atoms with Crippen molar-refractivity contribution in [3.05, 3.63) is 82.7 Å². The highest BCUT2D eigenvalue weighted by molar-refractivity contribution is 5.84. The molecule has 1 saturated heterocycles. The van der Waals surface area contributed by atoms with Crippen LogP contribution in [-0.2, 0) is 30.4 Å². The van der Waals surface area contributed by atoms with Crippen LogP contribution in [0.2, 0.25) is 0 Å². The number of halogens is 3. The monoisotopic (exact) mass is 472 g/mol. The van der Waals surface area contributed by atoms with E-state index in [-0.39, 0.29) is 24.3 Å². The van der Waals surface area contributed by atoms with Crippen LogP contribution in [0, 0.1) is 11.8 Å². The molecule has 0 aromatic heterocycles. The third-order valence-electron chi connectivity index (χ3n) is 7.34. The predicted molar refractivity (Wildman–Crippen MR) is 125 cm³/mol. The van der Waals surface area contributed by atoms with Gasteiger partial charge in [0.15, 0.2) is 0 Å². The number of alkyl halides is 3. The van der Waals surface area contributed by atoms with E-state index >= 15 is 0 Å². The van der Waals surface area contributed by atoms with Gasteiger partial charge in [0.25, 0.3) is 0 Å². The van der Waals surface area contributed by atoms with Crippen LogP contribution in [0.15, 0.2) is 60.5 Å². The number of aliphatic hydroxyl groups excluding tert-OH is 1. The molecule has 4 rings (SSSR count). The summed E-state index contributed by atoms with van der Waals surface area (Å²) in [6, 6.07) is 12.4. The normalized spacial score (nSPS) is 22.4. The molecule has 1 aliphatic heterocycles. The number of nitrogens with one attached hydrogen (secondary N) is 1. The minimum atomic E-state index is -4.45. The van der Waals surface area contributed by atoms with Crippen LogP contribution < -0.4 is 5.32 Å². The molecule has 1 heterocycles. The second-order valence-corrected chi connectivity index (χ2v) is 9.32. The van der Waals surface area contributed by atoms with Crippen LogP contribution in [0.3, 0.4) is 0 Å². The van der Waals surface area contributed by atoms with Crippen LogP contribution in [0.1, 0.15) is 48.9 Å². The molecule has 1 fully saturated rings. The first-order valence-corrected chi connectivity index (χ1v) is 11.9. The fourth-order valence-electron chi connectivity index (χ4n) is 5.57. The molecule has 0 bridgehead atoms. The number of nitrogens with zero attached hydrogens (tertiary/aromatic N) is 1. The Morgan fingerprint density at radius 3 is 2.29 bits per heavy atom. The van der Waals surface area contributed by atoms with Crippen LogP contribution in [-0.4, -0.2) is 28.0 Å². The summed E-state index contributed by atoms with van der Waals surface area (Å²) in [5, 5.41) is 13.5. The van der Waals surface area contributed by atoms with E-state index in [0.29, 0.717) is 11.3 Å². The minimum absolute atomic E-state index is 0.00229. The predicted octanol–water partition coefficient (Wildman–Crippen LogP) is 5.63. The first-order valence-electron chi connectivity index (χ1n) is 11.9. The van der Waals surface area contributed by atoms with Gasteiger partial charge >= 0.3 is 6.18 Å². The number of amides is 1. The summed E-state index contributed by atoms with van der Waals surface area (Å²) in [5.41, 5.74) is 2.75. The van der Waals surface area contributed by atoms with Gasteiger partial charge in [-0.15, -0.1) is 0 Å². The van der Waals surface area contributed by atoms with Gasteiger partial charge in [0, 0.05) is 6.54 Å². The minimum Gasteiger partial charge on any atom is -0.514 e. The molecule has 2 N–H and O–H groups in total. The van der Waals surface area contributed by atoms with E-state index in [2.05, 4.69) is 17.4 Å². The second-order valence-electron chi connectivity index (χ2n) is 9.32. The smallest absolute Gasteiger partial charge is 0.416 e. The largest absolute Gasteiger partial charge is 0.514 e. The third-order valence-corrected chi connectivity index (χ3v) is 7.34. The molecule has 2 aromatic carbocycles. The molecule has 182 valence electrons. The van der Waals surface area contributed by atoms with E-state index in [1.165, 1.54) is 17.2 Å². The number of hydrogen-bond acceptors (Lipinski definition) is 3. The summed E-state index contributed by atoms with van der Waals surface area (Å²) in [5.74, 6) is -0.0684. The van der Waals surface area contributed by atoms with Gasteiger partial charge < -0.3 is 15.3 Å². The molecule has 0 spiro atoms. The van der Waals surface area contributed by atoms with Gasteiger partial charge in [0.2, 0.25) is 5.91 Å². The lowest BCUT2D eigenvalue weighted by atomic mass is 9.84. The van der Waals surface area contributed by atoms with Gasteiger partial charge in [0.05, 0.1) is 17.3 Å². The molecular weight excluding hydrogens is 441 g/mol. The molecule has 34 heavy (non-hydrogen) atoms. The van der Waals surface area contributed by atoms with Gasteiger partial charge in [-0.1, -0.05) is 63.1 Å². The first-order chi connectivity index (χ1) is 16.3. The number of fused-ring (bicyclic) bond motifs is 1. The number of benzene rings is 2. The van der Waals surface area contributed by atoms with Crippen molar-refractivity contribution in [2.45, 2.75) is 64.3 Å². The van der Waals surface area contributed by atoms with Crippen LogP contribution >= 0.6 is 0 Å². The second kappa shape index (κ2) is 9.72. The van der Waals surface area contributed by atoms with Crippen molar-refractivity contribution in [1.82, 2.24) is 10.2 Å². The van der Waals surface area contributed by atoms with Crippen molar-refractivity contribution in [2.75, 3.05) is 0 Å². The lowest BCUT2D eigenvalue weighted by Gasteiger charge is -2.47. The van der Waals surface area contributed by atoms with Crippen molar-refractivity contribution in [2.24, 2.45) is 11.8 Å². The Morgan fingerprint density at radius 1 is 1.09 bits per heavy atom. The zero-order chi connectivity index (χ0) is 24.5. The zero-order valence-electron chi connectivity index (χ0n) is 19.5. The summed E-state index contributed by atoms with van der Waals surface area (Å²) >= 11 is 0. The summed E-state index contributed by atoms with van der Waals surface area (Å²) in [4.78, 5) is 15.3. The molecule has 1 aliphatic carbocycles. The fourth-order valence-corrected chi connectivity index (χ4v) is 5.57. The lowest BCUT2D eigenvalue weighted by molar-refractivity contribution is -0.138. The van der Waals surface area contributed by atoms with Gasteiger partial charge in [-0.25, -0.2) is 0 Å². The Balaban J connectivity index is 1.69. The maximum Gasteiger partial charge on any atom is 0.416 e. The molecule has 2 aromatic rings. The first kappa shape index (κ1) is 24.2. The standard InChI is InChI=1S/C27H31F3N2O2/c1-3-18(4-2)25-26(34)31-24(21-13-19-9-5-6-10-20(19)14-21)23(16-33)32(25)15-17-8-7-11-22(12-17)27(28,29)30/h5-12,16,18,21,24-25,33H,3-4,13-15H2,1-2H3,(H,31,34)/b23-16-/t24-,25-/m1/s1. The van der Waals surface area contributed by atoms with Crippen molar-refractivity contribution >= 4 is 5.91 Å². The Kier molecular flexibility index (Phi) is 6.91. The third kappa shape index (κ3) is 4.65. The van der Waals surface area contributed by atoms with Gasteiger partial charge in [-0.05, 0) is 53.5 Å². The number of aliphatic hydroxyl groups is 1. The maximum absolute atomic E-state index is 13.4. The molecule has 7 heteroatoms. The Labute approximate surface area is 198 Å². The quantitative estimate of drug-likeness (QED) is 0.536. The SMILES string of the molecule is CCC(CC)[C@@H]1C(=O)N[C@H](C2Cc3ccccc3C2)/C(=C/O)N1Cc1cccc(C(F)(F)F)c1. The number of piperazine rings is 1. The number of hydrogen-bond donors (Lipinski definition) is 2. The molecule has 2 atom stereocenters. The summed E-state index contributed by atoms with van der Waals surface area (Å²) in [6.45, 7) is 4.12. The molecular formula is C27H31F3N2O2. The molecule has 0 unspecified atom stereocenters. The van der Waals surface area contributed by atoms with Crippen LogP contribution in [0.5, 0.6) is 0 Å². The Hall–Kier alpha value is -2.96. The molecule has 2 aliphatic rings. The summed E-state index contributed by atoms with van der Waals surface area (Å²) in [6.07, 6.45) is -0.386. The van der Waals surface area contributed by atoms with E-state index in [4.69, 9.17) is 0 Å². The highest BCUT2D eigenvalue weighted by atomic mass is 19.4. The molecule has 4 nitrogen and oxygen atoms in total. The van der Waals surface area contributed by atoms with Crippen molar-refractivity contribution < 1.29 is 23.1 Å². The highest BCUT2D eigenvalue weighted by Gasteiger charge is 2.45. The van der Waals surface area contributed by atoms with E-state index < -0.39 is 23.8 Å². The summed E-state index contributed by atoms with van der Waals surface area (Å²) < 4.78 is 40.0. The fraction of sp³-hybridized carbons (Fsp3) is 0.444. The molecule has 1 amide bonds. The topological polar surface area (TPSA) is 52.6 Å². The summed E-state index contributed by atoms with van der Waals surface area (Å²) in [7, 11) is 0. The average molecular weight is 473 g/mol. The van der Waals surface area contributed by atoms with Gasteiger partial charge in [-0.3, -0.25) is 4.79 Å². The van der Waals surface area contributed by atoms with Crippen molar-refractivity contribution in [3.63, 3.8) is 0 Å². The molecule has 0 saturated carbocycles. The molecule has 0 radical (unpaired) electrons. The van der Waals surface area contributed by atoms with Gasteiger partial charge in [-0.2, -0.15) is 13.2 Å². The number of rotatable bonds is 6. The van der Waals surface area contributed by atoms with Crippen LogP contribution in [0.4, 0.5) is 13.2 Å².